The highest BCUT2D eigenvalue weighted by molar-refractivity contribution is 6.54. The molecule has 0 aliphatic rings. The zero-order chi connectivity index (χ0) is 11.8. The zero-order valence-electron chi connectivity index (χ0n) is 10.4. The Balaban J connectivity index is 2.63. The standard InChI is InChI=1S/C14H20OSi/c1-4-6-8-13-9-7-10-14(11-13)16-12(3)15-5-2/h6-12H,4-5H2,1-3H3. The van der Waals surface area contributed by atoms with Crippen molar-refractivity contribution in [3.63, 3.8) is 0 Å². The van der Waals surface area contributed by atoms with E-state index in [1.54, 1.807) is 0 Å². The van der Waals surface area contributed by atoms with Crippen LogP contribution in [0.4, 0.5) is 0 Å². The lowest BCUT2D eigenvalue weighted by Gasteiger charge is -2.10. The number of ether oxygens (including phenoxy) is 1. The fraction of sp³-hybridized carbons (Fsp3) is 0.429. The quantitative estimate of drug-likeness (QED) is 0.685. The van der Waals surface area contributed by atoms with E-state index in [0.29, 0.717) is 5.73 Å². The number of allylic oxidation sites excluding steroid dienone is 1. The number of benzene rings is 1. The van der Waals surface area contributed by atoms with Crippen LogP contribution in [-0.2, 0) is 4.74 Å². The molecule has 1 atom stereocenters. The summed E-state index contributed by atoms with van der Waals surface area (Å²) in [6.07, 6.45) is 5.45. The molecule has 1 aromatic carbocycles. The molecule has 1 rings (SSSR count). The molecule has 2 radical (unpaired) electrons. The second-order valence-electron chi connectivity index (χ2n) is 3.68. The molecule has 1 nitrogen and oxygen atoms in total. The lowest BCUT2D eigenvalue weighted by molar-refractivity contribution is 0.130. The fourth-order valence-corrected chi connectivity index (χ4v) is 2.67. The van der Waals surface area contributed by atoms with E-state index < -0.39 is 0 Å². The predicted molar refractivity (Wildman–Crippen MR) is 72.2 cm³/mol. The molecule has 0 N–H and O–H groups in total. The Morgan fingerprint density at radius 3 is 2.88 bits per heavy atom. The van der Waals surface area contributed by atoms with Crippen LogP contribution in [0.15, 0.2) is 30.3 Å². The Kier molecular flexibility index (Phi) is 6.12. The number of hydrogen-bond donors (Lipinski definition) is 0. The molecule has 16 heavy (non-hydrogen) atoms. The Morgan fingerprint density at radius 1 is 1.38 bits per heavy atom. The Hall–Kier alpha value is -0.863. The normalized spacial score (nSPS) is 13.2. The smallest absolute Gasteiger partial charge is 0.118 e. The van der Waals surface area contributed by atoms with Gasteiger partial charge in [0.25, 0.3) is 0 Å². The van der Waals surface area contributed by atoms with Crippen molar-refractivity contribution in [3.8, 4) is 0 Å². The second-order valence-corrected chi connectivity index (χ2v) is 5.36. The molecule has 1 unspecified atom stereocenters. The van der Waals surface area contributed by atoms with E-state index in [1.807, 2.05) is 6.92 Å². The summed E-state index contributed by atoms with van der Waals surface area (Å²) in [5.74, 6) is 0. The van der Waals surface area contributed by atoms with E-state index in [-0.39, 0.29) is 0 Å². The van der Waals surface area contributed by atoms with Crippen LogP contribution >= 0.6 is 0 Å². The molecule has 0 heterocycles. The summed E-state index contributed by atoms with van der Waals surface area (Å²) in [4.78, 5) is 0. The van der Waals surface area contributed by atoms with Gasteiger partial charge >= 0.3 is 0 Å². The second kappa shape index (κ2) is 7.42. The Morgan fingerprint density at radius 2 is 2.19 bits per heavy atom. The third kappa shape index (κ3) is 4.77. The summed E-state index contributed by atoms with van der Waals surface area (Å²) < 4.78 is 5.56. The average molecular weight is 232 g/mol. The SMILES string of the molecule is CCC=Cc1cccc([Si]C(C)OCC)c1. The first kappa shape index (κ1) is 13.2. The van der Waals surface area contributed by atoms with E-state index in [2.05, 4.69) is 50.3 Å². The highest BCUT2D eigenvalue weighted by Gasteiger charge is 2.04. The minimum atomic E-state index is 0.329. The molecule has 0 bridgehead atoms. The van der Waals surface area contributed by atoms with Gasteiger partial charge in [-0.3, -0.25) is 0 Å². The molecule has 0 saturated carbocycles. The third-order valence-electron chi connectivity index (χ3n) is 2.22. The molecule has 86 valence electrons. The molecule has 1 aromatic rings. The van der Waals surface area contributed by atoms with E-state index >= 15 is 0 Å². The van der Waals surface area contributed by atoms with Crippen LogP contribution in [0.5, 0.6) is 0 Å². The predicted octanol–water partition coefficient (Wildman–Crippen LogP) is 2.82. The van der Waals surface area contributed by atoms with Crippen LogP contribution in [0.25, 0.3) is 6.08 Å². The maximum absolute atomic E-state index is 5.56. The molecule has 0 amide bonds. The molecule has 0 saturated heterocycles. The van der Waals surface area contributed by atoms with Gasteiger partial charge in [0, 0.05) is 12.3 Å². The van der Waals surface area contributed by atoms with Crippen LogP contribution in [0, 0.1) is 0 Å². The largest absolute Gasteiger partial charge is 0.382 e. The van der Waals surface area contributed by atoms with Crippen LogP contribution < -0.4 is 5.19 Å². The molecule has 0 aromatic heterocycles. The van der Waals surface area contributed by atoms with Gasteiger partial charge in [0.15, 0.2) is 0 Å². The first-order chi connectivity index (χ1) is 7.76. The summed E-state index contributed by atoms with van der Waals surface area (Å²) in [6.45, 7) is 7.13. The first-order valence-electron chi connectivity index (χ1n) is 5.91. The van der Waals surface area contributed by atoms with Crippen LogP contribution in [0.1, 0.15) is 32.8 Å². The van der Waals surface area contributed by atoms with Crippen molar-refractivity contribution in [3.05, 3.63) is 35.9 Å². The topological polar surface area (TPSA) is 9.23 Å². The van der Waals surface area contributed by atoms with Gasteiger partial charge in [0.05, 0.1) is 0 Å². The van der Waals surface area contributed by atoms with Crippen molar-refractivity contribution in [1.29, 1.82) is 0 Å². The average Bonchev–Trinajstić information content (AvgIpc) is 2.27. The van der Waals surface area contributed by atoms with Crippen LogP contribution in [-0.4, -0.2) is 21.9 Å². The van der Waals surface area contributed by atoms with Gasteiger partial charge < -0.3 is 4.74 Å². The van der Waals surface area contributed by atoms with Crippen molar-refractivity contribution in [2.45, 2.75) is 32.9 Å². The van der Waals surface area contributed by atoms with E-state index in [9.17, 15) is 0 Å². The van der Waals surface area contributed by atoms with Gasteiger partial charge in [0.2, 0.25) is 0 Å². The molecule has 0 aliphatic heterocycles. The maximum Gasteiger partial charge on any atom is 0.118 e. The molecule has 0 fully saturated rings. The van der Waals surface area contributed by atoms with Gasteiger partial charge in [-0.25, -0.2) is 0 Å². The third-order valence-corrected chi connectivity index (χ3v) is 3.44. The van der Waals surface area contributed by atoms with Gasteiger partial charge in [-0.1, -0.05) is 48.5 Å². The van der Waals surface area contributed by atoms with Crippen LogP contribution in [0.2, 0.25) is 0 Å². The van der Waals surface area contributed by atoms with E-state index in [4.69, 9.17) is 4.74 Å². The number of hydrogen-bond acceptors (Lipinski definition) is 1. The summed E-state index contributed by atoms with van der Waals surface area (Å²) in [6, 6.07) is 8.69. The summed E-state index contributed by atoms with van der Waals surface area (Å²) in [5.41, 5.74) is 1.62. The molecule has 0 aliphatic carbocycles. The Bertz CT molecular complexity index is 333. The zero-order valence-corrected chi connectivity index (χ0v) is 11.4. The van der Waals surface area contributed by atoms with E-state index in [0.717, 1.165) is 22.5 Å². The van der Waals surface area contributed by atoms with Crippen molar-refractivity contribution in [2.75, 3.05) is 6.61 Å². The highest BCUT2D eigenvalue weighted by Crippen LogP contribution is 2.01. The summed E-state index contributed by atoms with van der Waals surface area (Å²) >= 11 is 0. The molecule has 2 heteroatoms. The first-order valence-corrected chi connectivity index (χ1v) is 6.98. The minimum Gasteiger partial charge on any atom is -0.382 e. The van der Waals surface area contributed by atoms with Gasteiger partial charge in [-0.05, 0) is 25.8 Å². The van der Waals surface area contributed by atoms with Crippen molar-refractivity contribution < 1.29 is 4.74 Å². The minimum absolute atomic E-state index is 0.329. The number of rotatable bonds is 6. The molecular weight excluding hydrogens is 212 g/mol. The lowest BCUT2D eigenvalue weighted by Crippen LogP contribution is -2.28. The van der Waals surface area contributed by atoms with Gasteiger partial charge in [0.1, 0.15) is 9.52 Å². The summed E-state index contributed by atoms with van der Waals surface area (Å²) in [7, 11) is 0.730. The maximum atomic E-state index is 5.56. The van der Waals surface area contributed by atoms with E-state index in [1.165, 1.54) is 10.8 Å². The van der Waals surface area contributed by atoms with Crippen molar-refractivity contribution in [2.24, 2.45) is 0 Å². The Labute approximate surface area is 101 Å². The van der Waals surface area contributed by atoms with Crippen molar-refractivity contribution >= 4 is 20.8 Å². The lowest BCUT2D eigenvalue weighted by atomic mass is 10.2. The molecule has 0 spiro atoms. The monoisotopic (exact) mass is 232 g/mol. The molecular formula is C14H20OSi. The summed E-state index contributed by atoms with van der Waals surface area (Å²) in [5, 5.41) is 1.37. The van der Waals surface area contributed by atoms with Gasteiger partial charge in [-0.15, -0.1) is 0 Å². The van der Waals surface area contributed by atoms with Crippen molar-refractivity contribution in [1.82, 2.24) is 0 Å². The highest BCUT2D eigenvalue weighted by atomic mass is 28.2. The van der Waals surface area contributed by atoms with Crippen LogP contribution in [0.3, 0.4) is 0 Å². The van der Waals surface area contributed by atoms with Gasteiger partial charge in [-0.2, -0.15) is 0 Å². The fourth-order valence-electron chi connectivity index (χ4n) is 1.51.